The van der Waals surface area contributed by atoms with Gasteiger partial charge in [-0.1, -0.05) is 0 Å². The minimum absolute atomic E-state index is 0. The molecule has 4 N–H and O–H groups in total. The summed E-state index contributed by atoms with van der Waals surface area (Å²) in [5.41, 5.74) is 8.62. The molecular formula is C44H46N10Na2O14P2. The van der Waals surface area contributed by atoms with Crippen molar-refractivity contribution in [2.75, 3.05) is 49.7 Å². The molecule has 0 spiro atoms. The molecule has 0 radical (unpaired) electrons. The largest absolute Gasteiger partial charge is 1.00 e. The zero-order chi connectivity index (χ0) is 50.7. The summed E-state index contributed by atoms with van der Waals surface area (Å²) in [5.74, 6) is 1.13. The third-order valence-corrected chi connectivity index (χ3v) is 12.2. The molecule has 72 heavy (non-hydrogen) atoms. The van der Waals surface area contributed by atoms with E-state index in [1.165, 1.54) is 24.3 Å². The first kappa shape index (κ1) is 57.2. The summed E-state index contributed by atoms with van der Waals surface area (Å²) in [7, 11) is -4.41. The maximum absolute atomic E-state index is 12.1. The van der Waals surface area contributed by atoms with Crippen LogP contribution in [0.4, 0.5) is 46.3 Å². The number of ether oxygens (including phenoxy) is 2. The average molecular weight is 1050 g/mol. The minimum atomic E-state index is -4.74. The molecule has 28 heteroatoms. The van der Waals surface area contributed by atoms with Gasteiger partial charge in [-0.25, -0.2) is 19.6 Å². The Morgan fingerprint density at radius 3 is 1.25 bits per heavy atom. The van der Waals surface area contributed by atoms with Gasteiger partial charge in [-0.05, 0) is 112 Å². The average Bonchev–Trinajstić information content (AvgIpc) is 3.80. The van der Waals surface area contributed by atoms with Crippen molar-refractivity contribution in [1.29, 1.82) is 0 Å². The number of aromatic nitrogens is 6. The van der Waals surface area contributed by atoms with Crippen LogP contribution in [0.3, 0.4) is 0 Å². The Balaban J connectivity index is 0.000000260. The number of oxazole rings is 2. The molecule has 0 amide bonds. The van der Waals surface area contributed by atoms with Crippen LogP contribution in [0.1, 0.15) is 33.4 Å². The molecule has 368 valence electrons. The molecule has 0 saturated carbocycles. The van der Waals surface area contributed by atoms with Crippen molar-refractivity contribution in [1.82, 2.24) is 29.4 Å². The zero-order valence-electron chi connectivity index (χ0n) is 41.2. The number of benzene rings is 4. The third-order valence-electron chi connectivity index (χ3n) is 10.6. The second kappa shape index (κ2) is 23.9. The number of phosphoric acid groups is 2. The Kier molecular flexibility index (Phi) is 19.0. The van der Waals surface area contributed by atoms with Crippen molar-refractivity contribution in [2.45, 2.75) is 41.5 Å². The molecule has 8 aromatic rings. The molecule has 0 aliphatic heterocycles. The van der Waals surface area contributed by atoms with Gasteiger partial charge in [-0.15, -0.1) is 9.46 Å². The first-order valence-electron chi connectivity index (χ1n) is 20.7. The fraction of sp³-hybridized carbons (Fsp3) is 0.227. The van der Waals surface area contributed by atoms with Gasteiger partial charge in [0.25, 0.3) is 0 Å². The summed E-state index contributed by atoms with van der Waals surface area (Å²) in [6.45, 7) is 11.6. The van der Waals surface area contributed by atoms with E-state index in [-0.39, 0.29) is 81.3 Å². The molecule has 0 fully saturated rings. The Labute approximate surface area is 455 Å². The third kappa shape index (κ3) is 13.5. The number of methoxy groups -OCH3 is 2. The first-order chi connectivity index (χ1) is 33.2. The topological polar surface area (TPSA) is 306 Å². The number of aryl methyl sites for hydroxylation is 4. The van der Waals surface area contributed by atoms with Crippen molar-refractivity contribution in [2.24, 2.45) is 0 Å². The summed E-state index contributed by atoms with van der Waals surface area (Å²) in [4.78, 5) is 65.2. The second-order valence-electron chi connectivity index (χ2n) is 15.3. The van der Waals surface area contributed by atoms with Crippen LogP contribution < -0.4 is 120 Å². The summed E-state index contributed by atoms with van der Waals surface area (Å²) >= 11 is 0. The van der Waals surface area contributed by atoms with Crippen LogP contribution in [0.25, 0.3) is 22.2 Å². The number of phosphoric ester groups is 2. The summed E-state index contributed by atoms with van der Waals surface area (Å²) in [5, 5.41) is 12.6. The Bertz CT molecular complexity index is 3270. The normalized spacial score (nSPS) is 12.5. The van der Waals surface area contributed by atoms with Crippen molar-refractivity contribution in [3.63, 3.8) is 0 Å². The monoisotopic (exact) mass is 1050 g/mol. The van der Waals surface area contributed by atoms with Gasteiger partial charge in [0.15, 0.2) is 11.2 Å². The standard InChI is InChI=1S/2C22H24N5O7P.2Na/c2*1-12-8-16(10-19(31-4)14(12)3)25-21-23-11-13(2)20(26-21)24-15-6-7-18-17(9-15)27(22(28)33-18)34-35(29,30)32-5;;/h2*6-11H,1-5H3,(H,29,30)(H2,23,24,25,26);;/q;;2*+1/p-2. The van der Waals surface area contributed by atoms with E-state index in [2.05, 4.69) is 50.3 Å². The molecule has 4 heterocycles. The number of nitrogens with one attached hydrogen (secondary N) is 4. The van der Waals surface area contributed by atoms with Crippen molar-refractivity contribution < 1.29 is 115 Å². The maximum Gasteiger partial charge on any atom is 1.00 e. The smallest absolute Gasteiger partial charge is 0.745 e. The van der Waals surface area contributed by atoms with E-state index >= 15 is 0 Å². The molecule has 0 aliphatic rings. The van der Waals surface area contributed by atoms with Crippen LogP contribution in [0.2, 0.25) is 0 Å². The fourth-order valence-electron chi connectivity index (χ4n) is 6.58. The molecular weight excluding hydrogens is 1000 g/mol. The fourth-order valence-corrected chi connectivity index (χ4v) is 7.42. The van der Waals surface area contributed by atoms with Gasteiger partial charge in [-0.2, -0.15) is 9.97 Å². The summed E-state index contributed by atoms with van der Waals surface area (Å²) in [6.07, 6.45) is 3.30. The molecule has 8 rings (SSSR count). The number of hydrogen-bond acceptors (Lipinski definition) is 22. The van der Waals surface area contributed by atoms with E-state index in [0.29, 0.717) is 44.4 Å². The Morgan fingerprint density at radius 1 is 0.528 bits per heavy atom. The van der Waals surface area contributed by atoms with Crippen LogP contribution in [0.5, 0.6) is 11.5 Å². The van der Waals surface area contributed by atoms with E-state index in [1.807, 2.05) is 65.8 Å². The van der Waals surface area contributed by atoms with Crippen LogP contribution in [-0.2, 0) is 18.2 Å². The van der Waals surface area contributed by atoms with Gasteiger partial charge in [0.2, 0.25) is 11.9 Å². The molecule has 0 aliphatic carbocycles. The van der Waals surface area contributed by atoms with Gasteiger partial charge >= 0.3 is 86.3 Å². The zero-order valence-corrected chi connectivity index (χ0v) is 47.0. The van der Waals surface area contributed by atoms with E-state index in [9.17, 15) is 28.5 Å². The van der Waals surface area contributed by atoms with Gasteiger partial charge in [0.05, 0.1) is 14.2 Å². The maximum atomic E-state index is 12.1. The van der Waals surface area contributed by atoms with Gasteiger partial charge in [0, 0.05) is 72.6 Å². The first-order valence-corrected chi connectivity index (χ1v) is 23.6. The van der Waals surface area contributed by atoms with Gasteiger partial charge in [-0.3, -0.25) is 9.13 Å². The SMILES string of the molecule is COc1cc(Nc2ncc(C)c(Nc3ccc4oc(=O)n(OP(=O)([O-])OC)c4c3)n2)cc(C)c1C.COc1cc(Nc2ncc(C)c(Nc3ccc4oc(=O)n(OP(=O)([O-])OC)c4c3)n2)cc(C)c1C.[Na+].[Na+]. The van der Waals surface area contributed by atoms with E-state index < -0.39 is 27.2 Å². The van der Waals surface area contributed by atoms with Crippen LogP contribution in [0.15, 0.2) is 91.5 Å². The second-order valence-corrected chi connectivity index (χ2v) is 18.1. The molecule has 0 saturated heterocycles. The van der Waals surface area contributed by atoms with Gasteiger partial charge in [0.1, 0.15) is 34.2 Å². The van der Waals surface area contributed by atoms with E-state index in [0.717, 1.165) is 70.5 Å². The van der Waals surface area contributed by atoms with Crippen LogP contribution in [-0.4, -0.2) is 57.8 Å². The van der Waals surface area contributed by atoms with E-state index in [1.54, 1.807) is 38.7 Å². The van der Waals surface area contributed by atoms with Crippen molar-refractivity contribution in [3.05, 3.63) is 128 Å². The number of anilines is 8. The number of nitrogens with zero attached hydrogens (tertiary/aromatic N) is 6. The minimum Gasteiger partial charge on any atom is -0.745 e. The Morgan fingerprint density at radius 2 is 0.903 bits per heavy atom. The molecule has 2 unspecified atom stereocenters. The predicted octanol–water partition coefficient (Wildman–Crippen LogP) is 0.706. The summed E-state index contributed by atoms with van der Waals surface area (Å²) in [6, 6.07) is 16.9. The predicted molar refractivity (Wildman–Crippen MR) is 255 cm³/mol. The summed E-state index contributed by atoms with van der Waals surface area (Å²) < 4.78 is 63.3. The molecule has 24 nitrogen and oxygen atoms in total. The van der Waals surface area contributed by atoms with Crippen molar-refractivity contribution >= 4 is 84.1 Å². The Hall–Kier alpha value is -5.72. The molecule has 4 aromatic heterocycles. The molecule has 0 bridgehead atoms. The molecule has 4 aromatic carbocycles. The number of hydrogen-bond donors (Lipinski definition) is 4. The van der Waals surface area contributed by atoms with Gasteiger partial charge < -0.3 is 67.7 Å². The number of fused-ring (bicyclic) bond motifs is 2. The van der Waals surface area contributed by atoms with E-state index in [4.69, 9.17) is 27.6 Å². The molecule has 2 atom stereocenters. The van der Waals surface area contributed by atoms with Crippen molar-refractivity contribution in [3.8, 4) is 11.5 Å². The number of rotatable bonds is 16. The van der Waals surface area contributed by atoms with Crippen LogP contribution in [0, 0.1) is 41.5 Å². The van der Waals surface area contributed by atoms with Crippen LogP contribution >= 0.6 is 15.6 Å². The quantitative estimate of drug-likeness (QED) is 0.0765.